The molecule has 2 N–H and O–H groups in total. The molecule has 144 valence electrons. The molecule has 0 spiro atoms. The number of hydrogen-bond acceptors (Lipinski definition) is 4. The lowest BCUT2D eigenvalue weighted by Crippen LogP contribution is -2.19. The van der Waals surface area contributed by atoms with Crippen molar-refractivity contribution >= 4 is 8.03 Å². The van der Waals surface area contributed by atoms with Gasteiger partial charge in [0.05, 0.1) is 12.2 Å². The number of aliphatic hydroxyl groups is 2. The molecule has 0 aromatic heterocycles. The average molecular weight is 378 g/mol. The van der Waals surface area contributed by atoms with E-state index in [-0.39, 0.29) is 24.1 Å². The Morgan fingerprint density at radius 1 is 1.42 bits per heavy atom. The molecule has 7 atom stereocenters. The molecule has 2 aliphatic carbocycles. The topological polar surface area (TPSA) is 80.6 Å². The van der Waals surface area contributed by atoms with Crippen LogP contribution in [-0.2, 0) is 4.57 Å². The van der Waals surface area contributed by atoms with Crippen molar-refractivity contribution in [2.45, 2.75) is 64.6 Å². The minimum atomic E-state index is -2.27. The van der Waals surface area contributed by atoms with Gasteiger partial charge in [-0.25, -0.2) is 0 Å². The number of rotatable bonds is 8. The van der Waals surface area contributed by atoms with Gasteiger partial charge in [0.1, 0.15) is 6.16 Å². The number of hydrogen-bond donors (Lipinski definition) is 2. The van der Waals surface area contributed by atoms with Crippen LogP contribution in [0.3, 0.4) is 0 Å². The van der Waals surface area contributed by atoms with Gasteiger partial charge < -0.3 is 15.1 Å². The second-order valence-electron chi connectivity index (χ2n) is 7.76. The molecule has 0 amide bonds. The molecular weight excluding hydrogens is 347 g/mol. The highest BCUT2D eigenvalue weighted by Gasteiger charge is 2.44. The lowest BCUT2D eigenvalue weighted by atomic mass is 9.89. The van der Waals surface area contributed by atoms with E-state index in [4.69, 9.17) is 0 Å². The van der Waals surface area contributed by atoms with Crippen LogP contribution in [0.2, 0.25) is 0 Å². The Bertz CT molecular complexity index is 601. The van der Waals surface area contributed by atoms with Gasteiger partial charge in [-0.2, -0.15) is 0 Å². The lowest BCUT2D eigenvalue weighted by Gasteiger charge is -2.19. The number of aliphatic hydroxyl groups excluding tert-OH is 2. The third kappa shape index (κ3) is 6.03. The Balaban J connectivity index is 1.89. The van der Waals surface area contributed by atoms with Crippen LogP contribution < -0.4 is 4.89 Å². The molecule has 2 saturated carbocycles. The molecule has 2 aliphatic rings. The zero-order chi connectivity index (χ0) is 19.1. The van der Waals surface area contributed by atoms with Crippen LogP contribution in [0.25, 0.3) is 0 Å². The van der Waals surface area contributed by atoms with Gasteiger partial charge in [0.25, 0.3) is 0 Å². The van der Waals surface area contributed by atoms with E-state index < -0.39 is 14.1 Å². The largest absolute Gasteiger partial charge is 0.596 e. The fourth-order valence-corrected chi connectivity index (χ4v) is 4.72. The van der Waals surface area contributed by atoms with Crippen LogP contribution in [0.5, 0.6) is 0 Å². The van der Waals surface area contributed by atoms with Crippen molar-refractivity contribution in [1.82, 2.24) is 0 Å². The highest BCUT2D eigenvalue weighted by Crippen LogP contribution is 2.50. The standard InChI is InChI=1S/C21H31O4P/c1-3-4-7-15(2)20(22)10-9-18-19-13-16(8-5-6-11-26(24)25)12-17(19)14-21(18)23/h8-10,15,17-23H,5-7,11-14H2,1-2H3/b10-9+,16-8+/t15?,17?,18-,19+,20?,21-/m1/s1. The maximum absolute atomic E-state index is 10.6. The van der Waals surface area contributed by atoms with Crippen molar-refractivity contribution in [3.63, 3.8) is 0 Å². The maximum atomic E-state index is 10.6. The summed E-state index contributed by atoms with van der Waals surface area (Å²) >= 11 is 0. The van der Waals surface area contributed by atoms with E-state index in [9.17, 15) is 19.7 Å². The monoisotopic (exact) mass is 378 g/mol. The van der Waals surface area contributed by atoms with E-state index >= 15 is 0 Å². The second kappa shape index (κ2) is 10.4. The van der Waals surface area contributed by atoms with Crippen LogP contribution in [-0.4, -0.2) is 28.6 Å². The summed E-state index contributed by atoms with van der Waals surface area (Å²) in [5.41, 5.74) is 1.40. The van der Waals surface area contributed by atoms with Crippen LogP contribution in [0.4, 0.5) is 0 Å². The number of unbranched alkanes of at least 4 members (excludes halogenated alkanes) is 1. The van der Waals surface area contributed by atoms with Gasteiger partial charge in [0.15, 0.2) is 0 Å². The van der Waals surface area contributed by atoms with E-state index in [1.807, 2.05) is 19.1 Å². The Hall–Kier alpha value is -0.980. The predicted octanol–water partition coefficient (Wildman–Crippen LogP) is 3.17. The maximum Gasteiger partial charge on any atom is 0.308 e. The van der Waals surface area contributed by atoms with Crippen LogP contribution in [0.1, 0.15) is 52.4 Å². The highest BCUT2D eigenvalue weighted by atomic mass is 31.1. The summed E-state index contributed by atoms with van der Waals surface area (Å²) in [7, 11) is -2.27. The summed E-state index contributed by atoms with van der Waals surface area (Å²) in [6.45, 7) is 3.79. The van der Waals surface area contributed by atoms with Crippen LogP contribution in [0, 0.1) is 35.5 Å². The van der Waals surface area contributed by atoms with Crippen molar-refractivity contribution in [2.75, 3.05) is 6.16 Å². The van der Waals surface area contributed by atoms with Gasteiger partial charge in [-0.15, -0.1) is 11.8 Å². The molecule has 0 bridgehead atoms. The number of fused-ring (bicyclic) bond motifs is 1. The molecular formula is C21H31O4P. The van der Waals surface area contributed by atoms with Gasteiger partial charge in [-0.3, -0.25) is 0 Å². The van der Waals surface area contributed by atoms with Crippen molar-refractivity contribution < 1.29 is 19.7 Å². The van der Waals surface area contributed by atoms with E-state index in [1.54, 1.807) is 6.92 Å². The van der Waals surface area contributed by atoms with Crippen LogP contribution in [0.15, 0.2) is 23.8 Å². The zero-order valence-corrected chi connectivity index (χ0v) is 16.7. The fraction of sp³-hybridized carbons (Fsp3) is 0.714. The zero-order valence-electron chi connectivity index (χ0n) is 15.8. The second-order valence-corrected chi connectivity index (χ2v) is 8.87. The molecule has 26 heavy (non-hydrogen) atoms. The lowest BCUT2D eigenvalue weighted by molar-refractivity contribution is -0.164. The van der Waals surface area contributed by atoms with Gasteiger partial charge in [-0.05, 0) is 56.8 Å². The molecule has 5 heteroatoms. The molecule has 0 aliphatic heterocycles. The molecule has 0 heterocycles. The molecule has 2 rings (SSSR count). The van der Waals surface area contributed by atoms with Crippen molar-refractivity contribution in [1.29, 1.82) is 0 Å². The minimum Gasteiger partial charge on any atom is -0.596 e. The van der Waals surface area contributed by atoms with E-state index in [1.165, 1.54) is 5.57 Å². The SMILES string of the molecule is CC#CCC(C)C(O)/C=C/[C@H]1[C@H](O)CC2C/C(=C\CCC[P+](=O)[O-])C[C@@H]21. The summed E-state index contributed by atoms with van der Waals surface area (Å²) in [5, 5.41) is 20.7. The minimum absolute atomic E-state index is 0.0830. The fourth-order valence-electron chi connectivity index (χ4n) is 4.28. The first kappa shape index (κ1) is 21.3. The third-order valence-corrected chi connectivity index (χ3v) is 6.48. The van der Waals surface area contributed by atoms with Gasteiger partial charge >= 0.3 is 8.03 Å². The summed E-state index contributed by atoms with van der Waals surface area (Å²) < 4.78 is 10.6. The number of allylic oxidation sites excluding steroid dienone is 2. The third-order valence-electron chi connectivity index (χ3n) is 5.80. The van der Waals surface area contributed by atoms with Crippen molar-refractivity contribution in [2.24, 2.45) is 23.7 Å². The predicted molar refractivity (Wildman–Crippen MR) is 102 cm³/mol. The van der Waals surface area contributed by atoms with Crippen LogP contribution >= 0.6 is 8.03 Å². The average Bonchev–Trinajstić information content (AvgIpc) is 3.10. The Morgan fingerprint density at radius 2 is 2.19 bits per heavy atom. The summed E-state index contributed by atoms with van der Waals surface area (Å²) in [6, 6.07) is 0. The summed E-state index contributed by atoms with van der Waals surface area (Å²) in [6.07, 6.45) is 10.4. The normalized spacial score (nSPS) is 32.3. The molecule has 4 unspecified atom stereocenters. The first-order valence-electron chi connectivity index (χ1n) is 9.66. The van der Waals surface area contributed by atoms with Crippen molar-refractivity contribution in [3.05, 3.63) is 23.8 Å². The Labute approximate surface area is 158 Å². The molecule has 2 fully saturated rings. The van der Waals surface area contributed by atoms with Gasteiger partial charge in [0.2, 0.25) is 0 Å². The van der Waals surface area contributed by atoms with Gasteiger partial charge in [-0.1, -0.05) is 35.3 Å². The Kier molecular flexibility index (Phi) is 8.51. The smallest absolute Gasteiger partial charge is 0.308 e. The molecule has 4 nitrogen and oxygen atoms in total. The summed E-state index contributed by atoms with van der Waals surface area (Å²) in [5.74, 6) is 6.97. The van der Waals surface area contributed by atoms with E-state index in [0.29, 0.717) is 24.7 Å². The van der Waals surface area contributed by atoms with Gasteiger partial charge in [0, 0.05) is 12.3 Å². The quantitative estimate of drug-likeness (QED) is 0.294. The molecule has 0 radical (unpaired) electrons. The summed E-state index contributed by atoms with van der Waals surface area (Å²) in [4.78, 5) is 10.6. The first-order valence-corrected chi connectivity index (χ1v) is 11.0. The molecule has 0 aromatic carbocycles. The van der Waals surface area contributed by atoms with E-state index in [2.05, 4.69) is 17.9 Å². The Morgan fingerprint density at radius 3 is 2.88 bits per heavy atom. The molecule has 0 saturated heterocycles. The van der Waals surface area contributed by atoms with Crippen molar-refractivity contribution in [3.8, 4) is 11.8 Å². The molecule has 0 aromatic rings. The van der Waals surface area contributed by atoms with E-state index in [0.717, 1.165) is 25.7 Å². The first-order chi connectivity index (χ1) is 12.4. The highest BCUT2D eigenvalue weighted by molar-refractivity contribution is 7.36.